The second kappa shape index (κ2) is 6.94. The molecule has 0 amide bonds. The van der Waals surface area contributed by atoms with Crippen molar-refractivity contribution >= 4 is 31.9 Å². The van der Waals surface area contributed by atoms with E-state index in [2.05, 4.69) is 37.2 Å². The molecule has 0 saturated carbocycles. The van der Waals surface area contributed by atoms with E-state index in [0.717, 1.165) is 0 Å². The topological polar surface area (TPSA) is 12.0 Å². The lowest BCUT2D eigenvalue weighted by atomic mass is 9.97. The molecule has 0 saturated heterocycles. The van der Waals surface area contributed by atoms with Gasteiger partial charge in [-0.1, -0.05) is 37.9 Å². The zero-order valence-corrected chi connectivity index (χ0v) is 14.2. The molecular weight excluding hydrogens is 411 g/mol. The van der Waals surface area contributed by atoms with Gasteiger partial charge in [-0.05, 0) is 43.3 Å². The first kappa shape index (κ1) is 16.5. The van der Waals surface area contributed by atoms with E-state index in [4.69, 9.17) is 0 Å². The van der Waals surface area contributed by atoms with Crippen molar-refractivity contribution in [3.8, 4) is 0 Å². The Morgan fingerprint density at radius 3 is 2.05 bits per heavy atom. The molecule has 0 radical (unpaired) electrons. The zero-order chi connectivity index (χ0) is 15.6. The highest BCUT2D eigenvalue weighted by molar-refractivity contribution is 9.10. The number of benzene rings is 2. The minimum atomic E-state index is -0.668. The van der Waals surface area contributed by atoms with Crippen molar-refractivity contribution in [2.24, 2.45) is 0 Å². The Hall–Kier alpha value is -0.850. The summed E-state index contributed by atoms with van der Waals surface area (Å²) in [5, 5.41) is 2.84. The van der Waals surface area contributed by atoms with Crippen LogP contribution in [0, 0.1) is 17.5 Å². The summed E-state index contributed by atoms with van der Waals surface area (Å²) in [6.07, 6.45) is 0.144. The van der Waals surface area contributed by atoms with Crippen LogP contribution in [0.2, 0.25) is 0 Å². The highest BCUT2D eigenvalue weighted by Gasteiger charge is 2.21. The van der Waals surface area contributed by atoms with Crippen molar-refractivity contribution in [3.05, 3.63) is 67.9 Å². The molecule has 0 aromatic heterocycles. The van der Waals surface area contributed by atoms with Crippen LogP contribution in [0.25, 0.3) is 0 Å². The van der Waals surface area contributed by atoms with Crippen molar-refractivity contribution in [3.63, 3.8) is 0 Å². The van der Waals surface area contributed by atoms with Gasteiger partial charge in [-0.2, -0.15) is 0 Å². The minimum absolute atomic E-state index is 0.0944. The molecular formula is C15H12Br2F3N. The zero-order valence-electron chi connectivity index (χ0n) is 11.1. The molecule has 0 bridgehead atoms. The molecule has 1 atom stereocenters. The van der Waals surface area contributed by atoms with Crippen molar-refractivity contribution in [1.29, 1.82) is 0 Å². The Bertz CT molecular complexity index is 638. The molecule has 0 heterocycles. The average Bonchev–Trinajstić information content (AvgIpc) is 2.39. The molecule has 0 aliphatic carbocycles. The maximum atomic E-state index is 14.0. The number of halogens is 5. The summed E-state index contributed by atoms with van der Waals surface area (Å²) in [6.45, 7) is 0. The third-order valence-electron chi connectivity index (χ3n) is 3.18. The molecule has 112 valence electrons. The normalized spacial score (nSPS) is 12.5. The van der Waals surface area contributed by atoms with E-state index in [1.165, 1.54) is 18.2 Å². The van der Waals surface area contributed by atoms with Gasteiger partial charge < -0.3 is 5.32 Å². The van der Waals surface area contributed by atoms with Gasteiger partial charge in [0.1, 0.15) is 17.5 Å². The second-order valence-electron chi connectivity index (χ2n) is 4.56. The van der Waals surface area contributed by atoms with Crippen molar-refractivity contribution < 1.29 is 13.2 Å². The summed E-state index contributed by atoms with van der Waals surface area (Å²) in [5.74, 6) is -1.75. The lowest BCUT2D eigenvalue weighted by molar-refractivity contribution is 0.481. The average molecular weight is 423 g/mol. The molecule has 0 aliphatic rings. The molecule has 21 heavy (non-hydrogen) atoms. The first-order valence-electron chi connectivity index (χ1n) is 6.18. The lowest BCUT2D eigenvalue weighted by Crippen LogP contribution is -2.22. The molecule has 0 fully saturated rings. The summed E-state index contributed by atoms with van der Waals surface area (Å²) < 4.78 is 42.8. The summed E-state index contributed by atoms with van der Waals surface area (Å²) in [7, 11) is 1.59. The fourth-order valence-corrected chi connectivity index (χ4v) is 2.88. The van der Waals surface area contributed by atoms with Crippen molar-refractivity contribution in [2.45, 2.75) is 12.5 Å². The lowest BCUT2D eigenvalue weighted by Gasteiger charge is -2.19. The van der Waals surface area contributed by atoms with E-state index in [0.29, 0.717) is 14.5 Å². The van der Waals surface area contributed by atoms with Gasteiger partial charge in [0.15, 0.2) is 0 Å². The van der Waals surface area contributed by atoms with Gasteiger partial charge in [0.25, 0.3) is 0 Å². The molecule has 2 aromatic carbocycles. The maximum Gasteiger partial charge on any atom is 0.132 e. The van der Waals surface area contributed by atoms with Crippen LogP contribution >= 0.6 is 31.9 Å². The van der Waals surface area contributed by atoms with E-state index in [1.807, 2.05) is 0 Å². The SMILES string of the molecule is CNC(Cc1ccc(Br)cc1F)c1c(F)cc(Br)cc1F. The molecule has 1 nitrogen and oxygen atoms in total. The Kier molecular flexibility index (Phi) is 5.46. The monoisotopic (exact) mass is 421 g/mol. The highest BCUT2D eigenvalue weighted by atomic mass is 79.9. The Morgan fingerprint density at radius 2 is 1.52 bits per heavy atom. The number of rotatable bonds is 4. The van der Waals surface area contributed by atoms with Crippen LogP contribution in [0.4, 0.5) is 13.2 Å². The van der Waals surface area contributed by atoms with Crippen LogP contribution in [0.3, 0.4) is 0 Å². The first-order valence-corrected chi connectivity index (χ1v) is 7.76. The summed E-state index contributed by atoms with van der Waals surface area (Å²) in [6, 6.07) is 6.35. The van der Waals surface area contributed by atoms with Crippen LogP contribution in [0.1, 0.15) is 17.2 Å². The molecule has 6 heteroatoms. The molecule has 1 unspecified atom stereocenters. The molecule has 2 aromatic rings. The van der Waals surface area contributed by atoms with Crippen LogP contribution in [0.5, 0.6) is 0 Å². The van der Waals surface area contributed by atoms with Gasteiger partial charge in [0, 0.05) is 20.6 Å². The Balaban J connectivity index is 2.37. The van der Waals surface area contributed by atoms with Crippen molar-refractivity contribution in [1.82, 2.24) is 5.32 Å². The largest absolute Gasteiger partial charge is 0.313 e. The quantitative estimate of drug-likeness (QED) is 0.719. The van der Waals surface area contributed by atoms with Gasteiger partial charge >= 0.3 is 0 Å². The second-order valence-corrected chi connectivity index (χ2v) is 6.40. The van der Waals surface area contributed by atoms with E-state index in [1.54, 1.807) is 19.2 Å². The number of hydrogen-bond acceptors (Lipinski definition) is 1. The fourth-order valence-electron chi connectivity index (χ4n) is 2.14. The van der Waals surface area contributed by atoms with Crippen LogP contribution in [0.15, 0.2) is 39.3 Å². The van der Waals surface area contributed by atoms with E-state index >= 15 is 0 Å². The summed E-state index contributed by atoms with van der Waals surface area (Å²) in [4.78, 5) is 0. The highest BCUT2D eigenvalue weighted by Crippen LogP contribution is 2.28. The van der Waals surface area contributed by atoms with Gasteiger partial charge in [-0.3, -0.25) is 0 Å². The summed E-state index contributed by atoms with van der Waals surface area (Å²) >= 11 is 6.21. The third-order valence-corrected chi connectivity index (χ3v) is 4.13. The predicted molar refractivity (Wildman–Crippen MR) is 83.7 cm³/mol. The minimum Gasteiger partial charge on any atom is -0.313 e. The molecule has 0 aliphatic heterocycles. The predicted octanol–water partition coefficient (Wildman–Crippen LogP) is 5.13. The van der Waals surface area contributed by atoms with Gasteiger partial charge in [0.2, 0.25) is 0 Å². The van der Waals surface area contributed by atoms with Gasteiger partial charge in [-0.25, -0.2) is 13.2 Å². The van der Waals surface area contributed by atoms with Crippen LogP contribution < -0.4 is 5.32 Å². The van der Waals surface area contributed by atoms with Crippen LogP contribution in [-0.4, -0.2) is 7.05 Å². The first-order chi connectivity index (χ1) is 9.92. The number of likely N-dealkylation sites (N-methyl/N-ethyl adjacent to an activating group) is 1. The van der Waals surface area contributed by atoms with E-state index in [9.17, 15) is 13.2 Å². The van der Waals surface area contributed by atoms with Crippen molar-refractivity contribution in [2.75, 3.05) is 7.05 Å². The van der Waals surface area contributed by atoms with Gasteiger partial charge in [-0.15, -0.1) is 0 Å². The maximum absolute atomic E-state index is 14.0. The Labute approximate surface area is 137 Å². The Morgan fingerprint density at radius 1 is 0.952 bits per heavy atom. The molecule has 1 N–H and O–H groups in total. The standard InChI is InChI=1S/C15H12Br2F3N/c1-21-14(4-8-2-3-9(16)5-11(8)18)15-12(19)6-10(17)7-13(15)20/h2-3,5-7,14,21H,4H2,1H3. The van der Waals surface area contributed by atoms with E-state index in [-0.39, 0.29) is 12.0 Å². The van der Waals surface area contributed by atoms with Crippen LogP contribution in [-0.2, 0) is 6.42 Å². The van der Waals surface area contributed by atoms with Gasteiger partial charge in [0.05, 0.1) is 0 Å². The number of hydrogen-bond donors (Lipinski definition) is 1. The van der Waals surface area contributed by atoms with E-state index < -0.39 is 23.5 Å². The summed E-state index contributed by atoms with van der Waals surface area (Å²) in [5.41, 5.74) is 0.294. The fraction of sp³-hybridized carbons (Fsp3) is 0.200. The molecule has 0 spiro atoms. The third kappa shape index (κ3) is 3.87. The molecule has 2 rings (SSSR count). The smallest absolute Gasteiger partial charge is 0.132 e. The number of nitrogens with one attached hydrogen (secondary N) is 1.